The van der Waals surface area contributed by atoms with Crippen molar-refractivity contribution >= 4 is 62.9 Å². The number of oxime groups is 1. The van der Waals surface area contributed by atoms with Crippen LogP contribution in [0, 0.1) is 0 Å². The minimum absolute atomic E-state index is 0.0924. The summed E-state index contributed by atoms with van der Waals surface area (Å²) >= 11 is 11.9. The zero-order chi connectivity index (χ0) is 39.3. The first-order valence-corrected chi connectivity index (χ1v) is 17.4. The number of carbonyl (C=O) groups excluding carboxylic acids is 1. The number of benzene rings is 4. The molecule has 4 aromatic carbocycles. The fourth-order valence-corrected chi connectivity index (χ4v) is 4.76. The van der Waals surface area contributed by atoms with Crippen LogP contribution in [0.4, 0.5) is 0 Å². The first-order valence-electron chi connectivity index (χ1n) is 16.7. The van der Waals surface area contributed by atoms with Crippen LogP contribution in [-0.4, -0.2) is 68.1 Å². The van der Waals surface area contributed by atoms with Crippen LogP contribution in [0.1, 0.15) is 27.7 Å². The summed E-state index contributed by atoms with van der Waals surface area (Å²) in [5, 5.41) is 13.8. The fraction of sp³-hybridized carbons (Fsp3) is 0.205. The Morgan fingerprint density at radius 3 is 1.56 bits per heavy atom. The number of rotatable bonds is 14. The Morgan fingerprint density at radius 1 is 0.655 bits per heavy atom. The maximum absolute atomic E-state index is 12.0. The molecule has 0 radical (unpaired) electrons. The van der Waals surface area contributed by atoms with Gasteiger partial charge in [0.05, 0.1) is 40.2 Å². The maximum atomic E-state index is 12.0. The van der Waals surface area contributed by atoms with Gasteiger partial charge in [0.25, 0.3) is 0 Å². The second-order valence-corrected chi connectivity index (χ2v) is 12.6. The molecule has 0 saturated carbocycles. The number of hydrogen-bond donors (Lipinski definition) is 1. The van der Waals surface area contributed by atoms with Crippen molar-refractivity contribution in [1.29, 1.82) is 0 Å². The molecule has 0 spiro atoms. The van der Waals surface area contributed by atoms with Crippen LogP contribution in [0.25, 0.3) is 22.1 Å². The van der Waals surface area contributed by atoms with Crippen LogP contribution < -0.4 is 18.9 Å². The van der Waals surface area contributed by atoms with Crippen molar-refractivity contribution in [3.8, 4) is 34.8 Å². The van der Waals surface area contributed by atoms with E-state index in [1.54, 1.807) is 91.9 Å². The lowest BCUT2D eigenvalue weighted by Gasteiger charge is -2.14. The molecule has 1 unspecified atom stereocenters. The van der Waals surface area contributed by atoms with E-state index in [1.165, 1.54) is 19.3 Å². The van der Waals surface area contributed by atoms with Gasteiger partial charge in [-0.1, -0.05) is 28.4 Å². The van der Waals surface area contributed by atoms with Crippen molar-refractivity contribution in [2.45, 2.75) is 39.9 Å². The van der Waals surface area contributed by atoms with E-state index < -0.39 is 24.1 Å². The average Bonchev–Trinajstić information content (AvgIpc) is 3.16. The average molecular weight is 789 g/mol. The van der Waals surface area contributed by atoms with Gasteiger partial charge < -0.3 is 33.6 Å². The monoisotopic (exact) mass is 787 g/mol. The number of fused-ring (bicyclic) bond motifs is 2. The highest BCUT2D eigenvalue weighted by atomic mass is 35.5. The normalized spacial score (nSPS) is 11.7. The number of ether oxygens (including phenoxy) is 5. The molecule has 1 N–H and O–H groups in total. The predicted octanol–water partition coefficient (Wildman–Crippen LogP) is 8.73. The van der Waals surface area contributed by atoms with Crippen LogP contribution in [0.2, 0.25) is 10.0 Å². The van der Waals surface area contributed by atoms with Gasteiger partial charge in [0, 0.05) is 10.0 Å². The minimum Gasteiger partial charge on any atom is -0.479 e. The summed E-state index contributed by atoms with van der Waals surface area (Å²) in [4.78, 5) is 45.0. The van der Waals surface area contributed by atoms with Gasteiger partial charge in [-0.05, 0) is 113 Å². The van der Waals surface area contributed by atoms with Crippen molar-refractivity contribution in [1.82, 2.24) is 19.9 Å². The molecule has 6 aromatic rings. The Balaban J connectivity index is 0.000000218. The third kappa shape index (κ3) is 12.4. The Bertz CT molecular complexity index is 2270. The van der Waals surface area contributed by atoms with Gasteiger partial charge >= 0.3 is 11.9 Å². The van der Waals surface area contributed by atoms with Crippen molar-refractivity contribution in [3.63, 3.8) is 0 Å². The van der Waals surface area contributed by atoms with Gasteiger partial charge in [0.15, 0.2) is 18.8 Å². The number of esters is 1. The van der Waals surface area contributed by atoms with Crippen LogP contribution in [0.5, 0.6) is 34.8 Å². The number of carboxylic acid groups (broad SMARTS) is 1. The van der Waals surface area contributed by atoms with E-state index in [-0.39, 0.29) is 13.2 Å². The van der Waals surface area contributed by atoms with Gasteiger partial charge in [-0.3, -0.25) is 0 Å². The van der Waals surface area contributed by atoms with Crippen molar-refractivity contribution in [3.05, 3.63) is 107 Å². The molecule has 0 amide bonds. The Kier molecular flexibility index (Phi) is 13.9. The Morgan fingerprint density at radius 2 is 1.11 bits per heavy atom. The smallest absolute Gasteiger partial charge is 0.347 e. The third-order valence-corrected chi connectivity index (χ3v) is 7.50. The Hall–Kier alpha value is -6.25. The summed E-state index contributed by atoms with van der Waals surface area (Å²) < 4.78 is 27.3. The highest BCUT2D eigenvalue weighted by Crippen LogP contribution is 2.26. The van der Waals surface area contributed by atoms with E-state index in [1.807, 2.05) is 13.8 Å². The zero-order valence-electron chi connectivity index (χ0n) is 30.0. The topological polar surface area (TPSA) is 174 Å². The zero-order valence-corrected chi connectivity index (χ0v) is 31.5. The van der Waals surface area contributed by atoms with Gasteiger partial charge in [0.2, 0.25) is 11.8 Å². The highest BCUT2D eigenvalue weighted by Gasteiger charge is 2.17. The van der Waals surface area contributed by atoms with Crippen LogP contribution in [0.15, 0.2) is 102 Å². The molecule has 2 atom stereocenters. The standard InChI is InChI=1S/C22H22ClN3O5.C17H13ClN2O4/c1-14(2)26-29-11-10-28-22(27)15(3)30-17-5-7-18(8-6-17)31-21-13-24-20-12-16(23)4-9-19(20)25-21;1-10(17(21)22)23-12-3-5-13(6-4-12)24-16-9-19-15-8-11(18)2-7-14(15)20-16/h4-9,12-13,15H,10-11H2,1-3H3;2-10H,1H3,(H,21,22)/t15-;/m1./s1. The van der Waals surface area contributed by atoms with Crippen molar-refractivity contribution < 1.29 is 43.2 Å². The van der Waals surface area contributed by atoms with E-state index in [0.29, 0.717) is 66.9 Å². The first kappa shape index (κ1) is 39.9. The minimum atomic E-state index is -1.03. The van der Waals surface area contributed by atoms with Crippen LogP contribution in [-0.2, 0) is 19.2 Å². The summed E-state index contributed by atoms with van der Waals surface area (Å²) in [7, 11) is 0. The maximum Gasteiger partial charge on any atom is 0.347 e. The molecule has 0 bridgehead atoms. The molecule has 55 heavy (non-hydrogen) atoms. The van der Waals surface area contributed by atoms with E-state index in [9.17, 15) is 9.59 Å². The molecule has 284 valence electrons. The van der Waals surface area contributed by atoms with Gasteiger partial charge in [0.1, 0.15) is 29.6 Å². The number of aliphatic carboxylic acids is 1. The van der Waals surface area contributed by atoms with Gasteiger partial charge in [-0.25, -0.2) is 29.5 Å². The molecule has 0 fully saturated rings. The molecular formula is C39H35Cl2N5O9. The number of aromatic nitrogens is 4. The number of halogens is 2. The third-order valence-electron chi connectivity index (χ3n) is 7.03. The number of nitrogens with zero attached hydrogens (tertiary/aromatic N) is 5. The lowest BCUT2D eigenvalue weighted by atomic mass is 10.3. The van der Waals surface area contributed by atoms with E-state index in [4.69, 9.17) is 56.8 Å². The molecule has 0 aliphatic carbocycles. The number of carboxylic acids is 1. The Labute approximate surface area is 325 Å². The summed E-state index contributed by atoms with van der Waals surface area (Å²) in [5.74, 6) is 1.20. The van der Waals surface area contributed by atoms with Crippen LogP contribution >= 0.6 is 23.2 Å². The molecular weight excluding hydrogens is 753 g/mol. The summed E-state index contributed by atoms with van der Waals surface area (Å²) in [5.41, 5.74) is 3.50. The second kappa shape index (κ2) is 19.2. The molecule has 2 heterocycles. The first-order chi connectivity index (χ1) is 26.4. The van der Waals surface area contributed by atoms with E-state index >= 15 is 0 Å². The summed E-state index contributed by atoms with van der Waals surface area (Å²) in [6.45, 7) is 6.96. The molecule has 0 aliphatic heterocycles. The largest absolute Gasteiger partial charge is 0.479 e. The molecule has 16 heteroatoms. The predicted molar refractivity (Wildman–Crippen MR) is 206 cm³/mol. The van der Waals surface area contributed by atoms with Gasteiger partial charge in [-0.2, -0.15) is 0 Å². The SMILES string of the molecule is CC(C)=NOCCOC(=O)[C@@H](C)Oc1ccc(Oc2cnc3cc(Cl)ccc3n2)cc1.CC(Oc1ccc(Oc2cnc3cc(Cl)ccc3n2)cc1)C(=O)O. The molecule has 6 rings (SSSR count). The quantitative estimate of drug-likeness (QED) is 0.0481. The second-order valence-electron chi connectivity index (χ2n) is 11.7. The summed E-state index contributed by atoms with van der Waals surface area (Å²) in [6.07, 6.45) is 1.34. The van der Waals surface area contributed by atoms with Gasteiger partial charge in [-0.15, -0.1) is 0 Å². The van der Waals surface area contributed by atoms with Crippen molar-refractivity contribution in [2.75, 3.05) is 13.2 Å². The van der Waals surface area contributed by atoms with Crippen molar-refractivity contribution in [2.24, 2.45) is 5.16 Å². The van der Waals surface area contributed by atoms with E-state index in [0.717, 1.165) is 5.71 Å². The fourth-order valence-electron chi connectivity index (χ4n) is 4.42. The van der Waals surface area contributed by atoms with E-state index in [2.05, 4.69) is 25.1 Å². The molecule has 0 aliphatic rings. The number of hydrogen-bond acceptors (Lipinski definition) is 13. The molecule has 0 saturated heterocycles. The lowest BCUT2D eigenvalue weighted by Crippen LogP contribution is -2.27. The molecule has 14 nitrogen and oxygen atoms in total. The lowest BCUT2D eigenvalue weighted by molar-refractivity contribution is -0.152. The van der Waals surface area contributed by atoms with Crippen LogP contribution in [0.3, 0.4) is 0 Å². The molecule has 2 aromatic heterocycles. The summed E-state index contributed by atoms with van der Waals surface area (Å²) in [6, 6.07) is 23.9. The number of carbonyl (C=O) groups is 2. The highest BCUT2D eigenvalue weighted by molar-refractivity contribution is 6.31.